The van der Waals surface area contributed by atoms with Gasteiger partial charge >= 0.3 is 6.18 Å². The highest BCUT2D eigenvalue weighted by Crippen LogP contribution is 2.30. The fraction of sp³-hybridized carbons (Fsp3) is 0.118. The molecular weight excluding hydrogens is 387 g/mol. The van der Waals surface area contributed by atoms with Crippen LogP contribution in [0.2, 0.25) is 5.02 Å². The maximum absolute atomic E-state index is 12.7. The monoisotopic (exact) mass is 399 g/mol. The summed E-state index contributed by atoms with van der Waals surface area (Å²) in [7, 11) is 0. The first-order chi connectivity index (χ1) is 12.2. The average molecular weight is 400 g/mol. The van der Waals surface area contributed by atoms with E-state index in [2.05, 4.69) is 10.6 Å². The molecule has 9 heteroatoms. The molecule has 0 bridgehead atoms. The lowest BCUT2D eigenvalue weighted by Crippen LogP contribution is -2.33. The highest BCUT2D eigenvalue weighted by atomic mass is 35.5. The molecule has 0 aliphatic rings. The number of nitrogens with one attached hydrogen (secondary N) is 3. The highest BCUT2D eigenvalue weighted by molar-refractivity contribution is 7.80. The lowest BCUT2D eigenvalue weighted by Gasteiger charge is -2.16. The summed E-state index contributed by atoms with van der Waals surface area (Å²) in [5, 5.41) is 12.9. The van der Waals surface area contributed by atoms with Gasteiger partial charge in [-0.25, -0.2) is 0 Å². The molecule has 26 heavy (non-hydrogen) atoms. The van der Waals surface area contributed by atoms with Gasteiger partial charge in [0.15, 0.2) is 0 Å². The number of thiocarbonyl (C=S) groups is 1. The number of benzene rings is 2. The molecule has 0 saturated heterocycles. The van der Waals surface area contributed by atoms with Crippen molar-refractivity contribution in [3.8, 4) is 0 Å². The minimum atomic E-state index is -4.53. The molecule has 1 amide bonds. The van der Waals surface area contributed by atoms with E-state index < -0.39 is 23.6 Å². The zero-order valence-electron chi connectivity index (χ0n) is 13.1. The molecule has 0 spiro atoms. The van der Waals surface area contributed by atoms with Gasteiger partial charge in [0.05, 0.1) is 21.3 Å². The van der Waals surface area contributed by atoms with E-state index in [4.69, 9.17) is 29.2 Å². The van der Waals surface area contributed by atoms with E-state index in [-0.39, 0.29) is 10.7 Å². The van der Waals surface area contributed by atoms with Crippen molar-refractivity contribution in [2.24, 2.45) is 5.92 Å². The number of anilines is 2. The van der Waals surface area contributed by atoms with Crippen LogP contribution in [0.5, 0.6) is 0 Å². The number of hydrogen-bond donors (Lipinski definition) is 3. The van der Waals surface area contributed by atoms with Gasteiger partial charge in [-0.15, -0.1) is 0 Å². The van der Waals surface area contributed by atoms with Gasteiger partial charge in [-0.1, -0.05) is 42.0 Å². The molecule has 2 aromatic carbocycles. The Morgan fingerprint density at radius 1 is 1.15 bits per heavy atom. The van der Waals surface area contributed by atoms with Crippen molar-refractivity contribution in [2.75, 3.05) is 10.6 Å². The summed E-state index contributed by atoms with van der Waals surface area (Å²) in [5.74, 6) is -1.90. The Morgan fingerprint density at radius 3 is 2.46 bits per heavy atom. The molecule has 1 unspecified atom stereocenters. The normalized spacial score (nSPS) is 12.2. The third-order valence-electron chi connectivity index (χ3n) is 3.32. The largest absolute Gasteiger partial charge is 0.416 e. The molecule has 2 aromatic rings. The first-order valence-electron chi connectivity index (χ1n) is 7.26. The minimum absolute atomic E-state index is 0.00224. The molecule has 0 aromatic heterocycles. The average Bonchev–Trinajstić information content (AvgIpc) is 2.57. The first kappa shape index (κ1) is 19.9. The minimum Gasteiger partial charge on any atom is -0.348 e. The van der Waals surface area contributed by atoms with Gasteiger partial charge in [-0.05, 0) is 30.3 Å². The van der Waals surface area contributed by atoms with Gasteiger partial charge in [-0.3, -0.25) is 4.79 Å². The van der Waals surface area contributed by atoms with E-state index >= 15 is 0 Å². The van der Waals surface area contributed by atoms with Crippen molar-refractivity contribution in [1.82, 2.24) is 0 Å². The van der Waals surface area contributed by atoms with Crippen LogP contribution in [0, 0.1) is 11.3 Å². The maximum atomic E-state index is 12.7. The van der Waals surface area contributed by atoms with Gasteiger partial charge in [0, 0.05) is 11.9 Å². The SMILES string of the molecule is N=CC(C(=O)Nc1cccc(C(F)(F)F)c1)C(=S)Nc1ccccc1Cl. The van der Waals surface area contributed by atoms with Crippen LogP contribution in [0.25, 0.3) is 0 Å². The highest BCUT2D eigenvalue weighted by Gasteiger charge is 2.31. The summed E-state index contributed by atoms with van der Waals surface area (Å²) in [5.41, 5.74) is -0.478. The fourth-order valence-corrected chi connectivity index (χ4v) is 2.50. The van der Waals surface area contributed by atoms with E-state index in [1.807, 2.05) is 0 Å². The van der Waals surface area contributed by atoms with Crippen LogP contribution in [-0.4, -0.2) is 17.1 Å². The van der Waals surface area contributed by atoms with E-state index in [9.17, 15) is 18.0 Å². The number of para-hydroxylation sites is 1. The Morgan fingerprint density at radius 2 is 1.85 bits per heavy atom. The number of amides is 1. The number of rotatable bonds is 5. The van der Waals surface area contributed by atoms with Crippen molar-refractivity contribution >= 4 is 52.3 Å². The second-order valence-electron chi connectivity index (χ2n) is 5.18. The lowest BCUT2D eigenvalue weighted by atomic mass is 10.1. The summed E-state index contributed by atoms with van der Waals surface area (Å²) in [6.45, 7) is 0. The molecule has 0 heterocycles. The summed E-state index contributed by atoms with van der Waals surface area (Å²) >= 11 is 11.1. The number of carbonyl (C=O) groups excluding carboxylic acids is 1. The maximum Gasteiger partial charge on any atom is 0.416 e. The second-order valence-corrected chi connectivity index (χ2v) is 6.03. The zero-order valence-corrected chi connectivity index (χ0v) is 14.7. The van der Waals surface area contributed by atoms with E-state index in [0.29, 0.717) is 10.7 Å². The molecular formula is C17H13ClF3N3OS. The first-order valence-corrected chi connectivity index (χ1v) is 8.05. The van der Waals surface area contributed by atoms with Crippen molar-refractivity contribution in [3.63, 3.8) is 0 Å². The van der Waals surface area contributed by atoms with Gasteiger partial charge in [-0.2, -0.15) is 13.2 Å². The smallest absolute Gasteiger partial charge is 0.348 e. The van der Waals surface area contributed by atoms with Crippen LogP contribution in [0.4, 0.5) is 24.5 Å². The quantitative estimate of drug-likeness (QED) is 0.489. The van der Waals surface area contributed by atoms with Crippen molar-refractivity contribution in [1.29, 1.82) is 5.41 Å². The number of carbonyl (C=O) groups is 1. The van der Waals surface area contributed by atoms with Gasteiger partial charge in [0.1, 0.15) is 5.92 Å². The van der Waals surface area contributed by atoms with E-state index in [1.54, 1.807) is 24.3 Å². The summed E-state index contributed by atoms with van der Waals surface area (Å²) in [6.07, 6.45) is -3.72. The second kappa shape index (κ2) is 8.29. The van der Waals surface area contributed by atoms with Crippen LogP contribution in [0.15, 0.2) is 48.5 Å². The molecule has 1 atom stereocenters. The molecule has 4 nitrogen and oxygen atoms in total. The van der Waals surface area contributed by atoms with Gasteiger partial charge < -0.3 is 16.0 Å². The Hall–Kier alpha value is -2.45. The predicted molar refractivity (Wildman–Crippen MR) is 100 cm³/mol. The van der Waals surface area contributed by atoms with Crippen molar-refractivity contribution < 1.29 is 18.0 Å². The van der Waals surface area contributed by atoms with Crippen LogP contribution in [-0.2, 0) is 11.0 Å². The Balaban J connectivity index is 2.12. The molecule has 0 fully saturated rings. The van der Waals surface area contributed by atoms with Crippen LogP contribution in [0.3, 0.4) is 0 Å². The van der Waals surface area contributed by atoms with Gasteiger partial charge in [0.25, 0.3) is 0 Å². The topological polar surface area (TPSA) is 65.0 Å². The molecule has 0 aliphatic heterocycles. The van der Waals surface area contributed by atoms with Gasteiger partial charge in [0.2, 0.25) is 5.91 Å². The molecule has 0 radical (unpaired) electrons. The van der Waals surface area contributed by atoms with Crippen molar-refractivity contribution in [3.05, 3.63) is 59.1 Å². The Bertz CT molecular complexity index is 842. The van der Waals surface area contributed by atoms with Crippen molar-refractivity contribution in [2.45, 2.75) is 6.18 Å². The van der Waals surface area contributed by atoms with E-state index in [0.717, 1.165) is 18.3 Å². The van der Waals surface area contributed by atoms with E-state index in [1.165, 1.54) is 12.1 Å². The number of alkyl halides is 3. The third kappa shape index (κ3) is 5.03. The molecule has 3 N–H and O–H groups in total. The van der Waals surface area contributed by atoms with Crippen LogP contribution < -0.4 is 10.6 Å². The Kier molecular flexibility index (Phi) is 6.33. The zero-order chi connectivity index (χ0) is 19.3. The number of halogens is 4. The molecule has 136 valence electrons. The predicted octanol–water partition coefficient (Wildman–Crippen LogP) is 5.00. The molecule has 2 rings (SSSR count). The lowest BCUT2D eigenvalue weighted by molar-refractivity contribution is -0.137. The fourth-order valence-electron chi connectivity index (χ4n) is 2.04. The molecule has 0 aliphatic carbocycles. The summed E-state index contributed by atoms with van der Waals surface area (Å²) in [4.78, 5) is 12.3. The number of hydrogen-bond acceptors (Lipinski definition) is 3. The van der Waals surface area contributed by atoms with Crippen LogP contribution in [0.1, 0.15) is 5.56 Å². The Labute approximate surface area is 157 Å². The molecule has 0 saturated carbocycles. The van der Waals surface area contributed by atoms with Crippen LogP contribution >= 0.6 is 23.8 Å². The summed E-state index contributed by atoms with van der Waals surface area (Å²) < 4.78 is 38.2. The standard InChI is InChI=1S/C17H13ClF3N3OS/c18-13-6-1-2-7-14(13)24-16(26)12(9-22)15(25)23-11-5-3-4-10(8-11)17(19,20)21/h1-9,12,22H,(H,23,25)(H,24,26). The third-order valence-corrected chi connectivity index (χ3v) is 4.01. The summed E-state index contributed by atoms with van der Waals surface area (Å²) in [6, 6.07) is 10.9.